The first-order chi connectivity index (χ1) is 10.3. The zero-order valence-corrected chi connectivity index (χ0v) is 12.9. The number of hydrogen-bond acceptors (Lipinski definition) is 4. The number of carbonyl (C=O) groups excluding carboxylic acids is 1. The lowest BCUT2D eigenvalue weighted by Gasteiger charge is -2.22. The molecule has 21 heavy (non-hydrogen) atoms. The molecule has 1 heterocycles. The Bertz CT molecular complexity index is 513. The van der Waals surface area contributed by atoms with Crippen molar-refractivity contribution in [1.82, 2.24) is 10.2 Å². The topological polar surface area (TPSA) is 56.7 Å². The first-order valence-electron chi connectivity index (χ1n) is 7.65. The molecule has 0 saturated heterocycles. The molecule has 0 radical (unpaired) electrons. The summed E-state index contributed by atoms with van der Waals surface area (Å²) in [5.41, 5.74) is 1.60. The summed E-state index contributed by atoms with van der Waals surface area (Å²) >= 11 is 0. The SMILES string of the molecule is CCCN(CC)C(=O)c1ccccc1NCC1=NCCN1. The van der Waals surface area contributed by atoms with E-state index in [2.05, 4.69) is 22.5 Å². The van der Waals surface area contributed by atoms with Crippen LogP contribution in [-0.4, -0.2) is 49.4 Å². The Morgan fingerprint density at radius 1 is 1.38 bits per heavy atom. The van der Waals surface area contributed by atoms with Gasteiger partial charge in [0.15, 0.2) is 0 Å². The number of carbonyl (C=O) groups is 1. The van der Waals surface area contributed by atoms with Gasteiger partial charge in [-0.25, -0.2) is 0 Å². The summed E-state index contributed by atoms with van der Waals surface area (Å²) in [7, 11) is 0. The molecule has 1 aromatic rings. The Balaban J connectivity index is 2.09. The maximum absolute atomic E-state index is 12.6. The molecule has 0 aliphatic carbocycles. The van der Waals surface area contributed by atoms with Crippen molar-refractivity contribution >= 4 is 17.4 Å². The van der Waals surface area contributed by atoms with E-state index in [-0.39, 0.29) is 5.91 Å². The summed E-state index contributed by atoms with van der Waals surface area (Å²) in [4.78, 5) is 18.9. The van der Waals surface area contributed by atoms with Crippen molar-refractivity contribution in [3.05, 3.63) is 29.8 Å². The Morgan fingerprint density at radius 2 is 2.19 bits per heavy atom. The Kier molecular flexibility index (Phi) is 5.60. The summed E-state index contributed by atoms with van der Waals surface area (Å²) in [6.07, 6.45) is 0.968. The Morgan fingerprint density at radius 3 is 2.86 bits per heavy atom. The third-order valence-electron chi connectivity index (χ3n) is 3.51. The predicted molar refractivity (Wildman–Crippen MR) is 87.1 cm³/mol. The zero-order chi connectivity index (χ0) is 15.1. The minimum atomic E-state index is 0.0868. The molecule has 1 aliphatic rings. The van der Waals surface area contributed by atoms with Crippen molar-refractivity contribution in [2.75, 3.05) is 38.0 Å². The highest BCUT2D eigenvalue weighted by Gasteiger charge is 2.17. The number of anilines is 1. The molecule has 1 aromatic carbocycles. The van der Waals surface area contributed by atoms with E-state index in [9.17, 15) is 4.79 Å². The van der Waals surface area contributed by atoms with E-state index in [4.69, 9.17) is 0 Å². The predicted octanol–water partition coefficient (Wildman–Crippen LogP) is 1.97. The Hall–Kier alpha value is -2.04. The molecule has 5 heteroatoms. The number of aliphatic imine (C=N–C) groups is 1. The van der Waals surface area contributed by atoms with Crippen LogP contribution < -0.4 is 10.6 Å². The highest BCUT2D eigenvalue weighted by Crippen LogP contribution is 2.17. The molecular formula is C16H24N4O. The number of amides is 1. The lowest BCUT2D eigenvalue weighted by Crippen LogP contribution is -2.32. The van der Waals surface area contributed by atoms with Crippen LogP contribution in [-0.2, 0) is 0 Å². The van der Waals surface area contributed by atoms with Crippen LogP contribution in [0.25, 0.3) is 0 Å². The fourth-order valence-corrected chi connectivity index (χ4v) is 2.41. The molecule has 1 aliphatic heterocycles. The number of hydrogen-bond donors (Lipinski definition) is 2. The van der Waals surface area contributed by atoms with E-state index in [1.54, 1.807) is 0 Å². The average Bonchev–Trinajstić information content (AvgIpc) is 3.03. The van der Waals surface area contributed by atoms with E-state index in [0.717, 1.165) is 49.7 Å². The third kappa shape index (κ3) is 3.97. The van der Waals surface area contributed by atoms with Gasteiger partial charge < -0.3 is 15.5 Å². The number of rotatable bonds is 7. The normalized spacial score (nSPS) is 13.5. The number of nitrogens with zero attached hydrogens (tertiary/aromatic N) is 2. The summed E-state index contributed by atoms with van der Waals surface area (Å²) in [5.74, 6) is 1.04. The molecule has 1 amide bonds. The number of amidine groups is 1. The van der Waals surface area contributed by atoms with E-state index in [0.29, 0.717) is 6.54 Å². The van der Waals surface area contributed by atoms with Crippen LogP contribution in [0.2, 0.25) is 0 Å². The van der Waals surface area contributed by atoms with Crippen LogP contribution in [0.15, 0.2) is 29.3 Å². The van der Waals surface area contributed by atoms with Crippen molar-refractivity contribution in [2.45, 2.75) is 20.3 Å². The fraction of sp³-hybridized carbons (Fsp3) is 0.500. The minimum Gasteiger partial charge on any atom is -0.377 e. The van der Waals surface area contributed by atoms with Gasteiger partial charge >= 0.3 is 0 Å². The van der Waals surface area contributed by atoms with Crippen molar-refractivity contribution in [3.8, 4) is 0 Å². The highest BCUT2D eigenvalue weighted by atomic mass is 16.2. The second kappa shape index (κ2) is 7.67. The molecule has 2 rings (SSSR count). The van der Waals surface area contributed by atoms with Gasteiger partial charge in [-0.05, 0) is 25.5 Å². The lowest BCUT2D eigenvalue weighted by molar-refractivity contribution is 0.0765. The van der Waals surface area contributed by atoms with Gasteiger partial charge in [0.2, 0.25) is 0 Å². The van der Waals surface area contributed by atoms with Crippen molar-refractivity contribution < 1.29 is 4.79 Å². The van der Waals surface area contributed by atoms with E-state index < -0.39 is 0 Å². The quantitative estimate of drug-likeness (QED) is 0.806. The van der Waals surface area contributed by atoms with Gasteiger partial charge in [0, 0.05) is 25.3 Å². The van der Waals surface area contributed by atoms with E-state index >= 15 is 0 Å². The van der Waals surface area contributed by atoms with Gasteiger partial charge in [0.25, 0.3) is 5.91 Å². The van der Waals surface area contributed by atoms with E-state index in [1.807, 2.05) is 36.1 Å². The van der Waals surface area contributed by atoms with Crippen LogP contribution >= 0.6 is 0 Å². The summed E-state index contributed by atoms with van der Waals surface area (Å²) < 4.78 is 0. The number of nitrogens with one attached hydrogen (secondary N) is 2. The molecule has 114 valence electrons. The standard InChI is InChI=1S/C16H24N4O/c1-3-11-20(4-2)16(21)13-7-5-6-8-14(13)19-12-15-17-9-10-18-15/h5-8,19H,3-4,9-12H2,1-2H3,(H,17,18). The van der Waals surface area contributed by atoms with Crippen LogP contribution in [0, 0.1) is 0 Å². The molecule has 5 nitrogen and oxygen atoms in total. The molecule has 0 spiro atoms. The average molecular weight is 288 g/mol. The van der Waals surface area contributed by atoms with Gasteiger partial charge in [-0.15, -0.1) is 0 Å². The van der Waals surface area contributed by atoms with Crippen LogP contribution in [0.3, 0.4) is 0 Å². The molecule has 0 fully saturated rings. The van der Waals surface area contributed by atoms with Gasteiger partial charge in [-0.2, -0.15) is 0 Å². The monoisotopic (exact) mass is 288 g/mol. The molecule has 0 aromatic heterocycles. The zero-order valence-electron chi connectivity index (χ0n) is 12.9. The van der Waals surface area contributed by atoms with Gasteiger partial charge in [-0.1, -0.05) is 19.1 Å². The van der Waals surface area contributed by atoms with Crippen molar-refractivity contribution in [3.63, 3.8) is 0 Å². The summed E-state index contributed by atoms with van der Waals surface area (Å²) in [6, 6.07) is 7.68. The second-order valence-electron chi connectivity index (χ2n) is 5.04. The molecule has 0 unspecified atom stereocenters. The van der Waals surface area contributed by atoms with Crippen LogP contribution in [0.5, 0.6) is 0 Å². The van der Waals surface area contributed by atoms with Crippen molar-refractivity contribution in [1.29, 1.82) is 0 Å². The lowest BCUT2D eigenvalue weighted by atomic mass is 10.1. The van der Waals surface area contributed by atoms with Crippen LogP contribution in [0.4, 0.5) is 5.69 Å². The molecule has 2 N–H and O–H groups in total. The number of para-hydroxylation sites is 1. The highest BCUT2D eigenvalue weighted by molar-refractivity contribution is 6.00. The maximum atomic E-state index is 12.6. The van der Waals surface area contributed by atoms with Crippen molar-refractivity contribution in [2.24, 2.45) is 4.99 Å². The van der Waals surface area contributed by atoms with E-state index in [1.165, 1.54) is 0 Å². The third-order valence-corrected chi connectivity index (χ3v) is 3.51. The second-order valence-corrected chi connectivity index (χ2v) is 5.04. The maximum Gasteiger partial charge on any atom is 0.255 e. The fourth-order valence-electron chi connectivity index (χ4n) is 2.41. The van der Waals surface area contributed by atoms with Gasteiger partial charge in [0.05, 0.1) is 18.7 Å². The summed E-state index contributed by atoms with van der Waals surface area (Å²) in [5, 5.41) is 6.54. The van der Waals surface area contributed by atoms with Gasteiger partial charge in [0.1, 0.15) is 5.84 Å². The largest absolute Gasteiger partial charge is 0.377 e. The molecule has 0 bridgehead atoms. The minimum absolute atomic E-state index is 0.0868. The molecule has 0 atom stereocenters. The first kappa shape index (κ1) is 15.4. The smallest absolute Gasteiger partial charge is 0.255 e. The molecule has 0 saturated carbocycles. The molecular weight excluding hydrogens is 264 g/mol. The van der Waals surface area contributed by atoms with Gasteiger partial charge in [-0.3, -0.25) is 9.79 Å². The number of benzene rings is 1. The first-order valence-corrected chi connectivity index (χ1v) is 7.65. The summed E-state index contributed by atoms with van der Waals surface area (Å²) in [6.45, 7) is 7.98. The Labute approximate surface area is 126 Å². The van der Waals surface area contributed by atoms with Crippen LogP contribution in [0.1, 0.15) is 30.6 Å².